The average molecular weight is 266 g/mol. The second kappa shape index (κ2) is 7.14. The van der Waals surface area contributed by atoms with E-state index in [1.165, 1.54) is 0 Å². The molecule has 0 aliphatic rings. The lowest BCUT2D eigenvalue weighted by Gasteiger charge is -2.24. The van der Waals surface area contributed by atoms with Crippen molar-refractivity contribution in [3.05, 3.63) is 29.8 Å². The van der Waals surface area contributed by atoms with Gasteiger partial charge in [-0.15, -0.1) is 0 Å². The molecular formula is C15H26N2O2. The van der Waals surface area contributed by atoms with E-state index in [-0.39, 0.29) is 12.1 Å². The number of esters is 1. The lowest BCUT2D eigenvalue weighted by Crippen LogP contribution is -2.26. The van der Waals surface area contributed by atoms with Gasteiger partial charge in [-0.2, -0.15) is 0 Å². The van der Waals surface area contributed by atoms with Crippen molar-refractivity contribution in [2.24, 2.45) is 0 Å². The largest absolute Gasteiger partial charge is 0.456 e. The Balaban J connectivity index is 0.00000324. The summed E-state index contributed by atoms with van der Waals surface area (Å²) in [6.07, 6.45) is 1.04. The fourth-order valence-corrected chi connectivity index (χ4v) is 1.77. The third-order valence-electron chi connectivity index (χ3n) is 2.49. The van der Waals surface area contributed by atoms with Crippen LogP contribution in [0.15, 0.2) is 24.3 Å². The highest BCUT2D eigenvalue weighted by molar-refractivity contribution is 5.96. The Morgan fingerprint density at radius 2 is 1.84 bits per heavy atom. The van der Waals surface area contributed by atoms with Crippen molar-refractivity contribution < 1.29 is 9.53 Å². The van der Waals surface area contributed by atoms with Gasteiger partial charge in [0.1, 0.15) is 5.60 Å². The van der Waals surface area contributed by atoms with E-state index in [0.29, 0.717) is 5.56 Å². The minimum atomic E-state index is -0.465. The molecule has 0 atom stereocenters. The fourth-order valence-electron chi connectivity index (χ4n) is 1.77. The molecular weight excluding hydrogens is 240 g/mol. The Labute approximate surface area is 116 Å². The number of ether oxygens (including phenoxy) is 1. The predicted molar refractivity (Wildman–Crippen MR) is 80.2 cm³/mol. The van der Waals surface area contributed by atoms with Gasteiger partial charge in [-0.25, -0.2) is 4.79 Å². The molecule has 1 aromatic carbocycles. The first-order chi connectivity index (χ1) is 8.35. The second-order valence-electron chi connectivity index (χ2n) is 5.44. The number of nitrogens with zero attached hydrogens (tertiary/aromatic N) is 1. The molecule has 0 saturated carbocycles. The van der Waals surface area contributed by atoms with Gasteiger partial charge in [0.25, 0.3) is 0 Å². The SMILES string of the molecule is CCCN(C)c1ccccc1C(=O)OC(C)(C)C.N. The number of carbonyl (C=O) groups excluding carboxylic acids is 1. The number of anilines is 1. The van der Waals surface area contributed by atoms with Crippen LogP contribution in [0.1, 0.15) is 44.5 Å². The third kappa shape index (κ3) is 5.30. The molecule has 0 radical (unpaired) electrons. The van der Waals surface area contributed by atoms with Crippen LogP contribution in [0.4, 0.5) is 5.69 Å². The topological polar surface area (TPSA) is 64.5 Å². The smallest absolute Gasteiger partial charge is 0.340 e. The maximum Gasteiger partial charge on any atom is 0.340 e. The Bertz CT molecular complexity index is 411. The zero-order chi connectivity index (χ0) is 13.8. The molecule has 0 fully saturated rings. The van der Waals surface area contributed by atoms with Crippen molar-refractivity contribution in [3.63, 3.8) is 0 Å². The Kier molecular flexibility index (Phi) is 6.56. The second-order valence-corrected chi connectivity index (χ2v) is 5.44. The summed E-state index contributed by atoms with van der Waals surface area (Å²) >= 11 is 0. The highest BCUT2D eigenvalue weighted by Gasteiger charge is 2.21. The van der Waals surface area contributed by atoms with Crippen molar-refractivity contribution in [2.45, 2.75) is 39.7 Å². The number of hydrogen-bond acceptors (Lipinski definition) is 4. The minimum absolute atomic E-state index is 0. The molecule has 1 rings (SSSR count). The summed E-state index contributed by atoms with van der Waals surface area (Å²) in [6, 6.07) is 7.57. The lowest BCUT2D eigenvalue weighted by molar-refractivity contribution is 0.00703. The van der Waals surface area contributed by atoms with E-state index in [9.17, 15) is 4.79 Å². The highest BCUT2D eigenvalue weighted by Crippen LogP contribution is 2.22. The van der Waals surface area contributed by atoms with E-state index in [2.05, 4.69) is 11.8 Å². The lowest BCUT2D eigenvalue weighted by atomic mass is 10.1. The molecule has 0 saturated heterocycles. The molecule has 0 spiro atoms. The van der Waals surface area contributed by atoms with Crippen molar-refractivity contribution in [1.82, 2.24) is 6.15 Å². The maximum absolute atomic E-state index is 12.1. The summed E-state index contributed by atoms with van der Waals surface area (Å²) in [7, 11) is 1.99. The van der Waals surface area contributed by atoms with Crippen LogP contribution >= 0.6 is 0 Å². The van der Waals surface area contributed by atoms with E-state index in [1.807, 2.05) is 52.1 Å². The molecule has 0 aliphatic carbocycles. The average Bonchev–Trinajstić information content (AvgIpc) is 2.27. The highest BCUT2D eigenvalue weighted by atomic mass is 16.6. The van der Waals surface area contributed by atoms with Gasteiger partial charge in [-0.05, 0) is 39.3 Å². The standard InChI is InChI=1S/C15H23NO2.H3N/c1-6-11-16(5)13-10-8-7-9-12(13)14(17)18-15(2,3)4;/h7-10H,6,11H2,1-5H3;1H3. The molecule has 19 heavy (non-hydrogen) atoms. The van der Waals surface area contributed by atoms with E-state index in [4.69, 9.17) is 4.74 Å². The van der Waals surface area contributed by atoms with Crippen LogP contribution < -0.4 is 11.1 Å². The van der Waals surface area contributed by atoms with Gasteiger partial charge in [0.2, 0.25) is 0 Å². The molecule has 1 aromatic rings. The van der Waals surface area contributed by atoms with E-state index in [0.717, 1.165) is 18.7 Å². The number of rotatable bonds is 4. The van der Waals surface area contributed by atoms with Crippen molar-refractivity contribution >= 4 is 11.7 Å². The number of hydrogen-bond donors (Lipinski definition) is 1. The molecule has 3 N–H and O–H groups in total. The molecule has 0 unspecified atom stereocenters. The first-order valence-electron chi connectivity index (χ1n) is 6.38. The van der Waals surface area contributed by atoms with Crippen LogP contribution in [0.3, 0.4) is 0 Å². The summed E-state index contributed by atoms with van der Waals surface area (Å²) in [4.78, 5) is 14.2. The first-order valence-corrected chi connectivity index (χ1v) is 6.38. The summed E-state index contributed by atoms with van der Waals surface area (Å²) in [5.74, 6) is -0.263. The Morgan fingerprint density at radius 3 is 2.37 bits per heavy atom. The molecule has 108 valence electrons. The van der Waals surface area contributed by atoms with Gasteiger partial charge in [-0.3, -0.25) is 0 Å². The molecule has 4 nitrogen and oxygen atoms in total. The predicted octanol–water partition coefficient (Wildman–Crippen LogP) is 3.65. The fraction of sp³-hybridized carbons (Fsp3) is 0.533. The Morgan fingerprint density at radius 1 is 1.26 bits per heavy atom. The summed E-state index contributed by atoms with van der Waals surface area (Å²) in [5, 5.41) is 0. The van der Waals surface area contributed by atoms with Gasteiger partial charge in [0.15, 0.2) is 0 Å². The number of para-hydroxylation sites is 1. The minimum Gasteiger partial charge on any atom is -0.456 e. The van der Waals surface area contributed by atoms with Crippen LogP contribution in [0, 0.1) is 0 Å². The van der Waals surface area contributed by atoms with Crippen molar-refractivity contribution in [3.8, 4) is 0 Å². The number of benzene rings is 1. The molecule has 0 aromatic heterocycles. The maximum atomic E-state index is 12.1. The van der Waals surface area contributed by atoms with Crippen molar-refractivity contribution in [2.75, 3.05) is 18.5 Å². The molecule has 0 heterocycles. The van der Waals surface area contributed by atoms with Gasteiger partial charge < -0.3 is 15.8 Å². The molecule has 0 aliphatic heterocycles. The summed E-state index contributed by atoms with van der Waals surface area (Å²) in [6.45, 7) is 8.67. The molecule has 4 heteroatoms. The van der Waals surface area contributed by atoms with Gasteiger partial charge in [-0.1, -0.05) is 19.1 Å². The zero-order valence-corrected chi connectivity index (χ0v) is 12.7. The van der Waals surface area contributed by atoms with Gasteiger partial charge in [0.05, 0.1) is 11.3 Å². The monoisotopic (exact) mass is 266 g/mol. The quantitative estimate of drug-likeness (QED) is 0.845. The van der Waals surface area contributed by atoms with E-state index < -0.39 is 5.60 Å². The zero-order valence-electron chi connectivity index (χ0n) is 12.7. The van der Waals surface area contributed by atoms with E-state index in [1.54, 1.807) is 0 Å². The van der Waals surface area contributed by atoms with Gasteiger partial charge >= 0.3 is 5.97 Å². The molecule has 0 bridgehead atoms. The van der Waals surface area contributed by atoms with Crippen LogP contribution in [-0.4, -0.2) is 25.2 Å². The van der Waals surface area contributed by atoms with Crippen LogP contribution in [-0.2, 0) is 4.74 Å². The van der Waals surface area contributed by atoms with Crippen LogP contribution in [0.25, 0.3) is 0 Å². The van der Waals surface area contributed by atoms with Crippen molar-refractivity contribution in [1.29, 1.82) is 0 Å². The Hall–Kier alpha value is -1.55. The van der Waals surface area contributed by atoms with E-state index >= 15 is 0 Å². The molecule has 0 amide bonds. The summed E-state index contributed by atoms with van der Waals surface area (Å²) in [5.41, 5.74) is 1.09. The van der Waals surface area contributed by atoms with Gasteiger partial charge in [0, 0.05) is 13.6 Å². The normalized spacial score (nSPS) is 10.6. The summed E-state index contributed by atoms with van der Waals surface area (Å²) < 4.78 is 5.43. The van der Waals surface area contributed by atoms with Crippen LogP contribution in [0.5, 0.6) is 0 Å². The third-order valence-corrected chi connectivity index (χ3v) is 2.49. The van der Waals surface area contributed by atoms with Crippen LogP contribution in [0.2, 0.25) is 0 Å². The first kappa shape index (κ1) is 17.4. The number of carbonyl (C=O) groups is 1.